The van der Waals surface area contributed by atoms with Gasteiger partial charge in [-0.3, -0.25) is 9.78 Å². The Balaban J connectivity index is 2.27. The Morgan fingerprint density at radius 2 is 2.41 bits per heavy atom. The summed E-state index contributed by atoms with van der Waals surface area (Å²) < 4.78 is 0. The number of hydrogen-bond donors (Lipinski definition) is 1. The lowest BCUT2D eigenvalue weighted by Crippen LogP contribution is -2.29. The number of rotatable bonds is 2. The molecule has 1 aromatic rings. The molecular formula is C13H14N2O2. The molecule has 0 saturated heterocycles. The quantitative estimate of drug-likeness (QED) is 0.759. The van der Waals surface area contributed by atoms with E-state index in [2.05, 4.69) is 16.8 Å². The van der Waals surface area contributed by atoms with Gasteiger partial charge in [-0.2, -0.15) is 0 Å². The molecule has 0 unspecified atom stereocenters. The van der Waals surface area contributed by atoms with Crippen molar-refractivity contribution in [2.45, 2.75) is 18.9 Å². The van der Waals surface area contributed by atoms with Gasteiger partial charge in [0.15, 0.2) is 0 Å². The molecule has 1 N–H and O–H groups in total. The second kappa shape index (κ2) is 4.98. The highest BCUT2D eigenvalue weighted by atomic mass is 16.2. The van der Waals surface area contributed by atoms with Crippen LogP contribution in [0.25, 0.3) is 0 Å². The van der Waals surface area contributed by atoms with Crippen molar-refractivity contribution >= 4 is 5.91 Å². The summed E-state index contributed by atoms with van der Waals surface area (Å²) in [5.41, 5.74) is 1.12. The van der Waals surface area contributed by atoms with Gasteiger partial charge in [0, 0.05) is 25.5 Å². The summed E-state index contributed by atoms with van der Waals surface area (Å²) in [6.07, 6.45) is 5.28. The van der Waals surface area contributed by atoms with Crippen LogP contribution in [0.15, 0.2) is 18.5 Å². The first kappa shape index (κ1) is 11.6. The molecule has 1 aliphatic carbocycles. The minimum absolute atomic E-state index is 0.0304. The van der Waals surface area contributed by atoms with Gasteiger partial charge in [-0.15, -0.1) is 0 Å². The predicted octanol–water partition coefficient (Wildman–Crippen LogP) is 0.660. The van der Waals surface area contributed by atoms with Crippen LogP contribution in [0, 0.1) is 11.8 Å². The fourth-order valence-corrected chi connectivity index (χ4v) is 1.63. The van der Waals surface area contributed by atoms with Crippen molar-refractivity contribution in [2.24, 2.45) is 0 Å². The zero-order valence-corrected chi connectivity index (χ0v) is 9.68. The van der Waals surface area contributed by atoms with E-state index < -0.39 is 0 Å². The molecule has 1 heterocycles. The molecule has 1 fully saturated rings. The summed E-state index contributed by atoms with van der Waals surface area (Å²) in [4.78, 5) is 17.9. The summed E-state index contributed by atoms with van der Waals surface area (Å²) in [5.74, 6) is 5.26. The van der Waals surface area contributed by atoms with Crippen molar-refractivity contribution in [2.75, 3.05) is 13.7 Å². The molecule has 88 valence electrons. The molecule has 4 nitrogen and oxygen atoms in total. The van der Waals surface area contributed by atoms with E-state index in [1.807, 2.05) is 7.05 Å². The molecule has 1 aliphatic rings. The van der Waals surface area contributed by atoms with Crippen LogP contribution in [-0.4, -0.2) is 40.6 Å². The van der Waals surface area contributed by atoms with Gasteiger partial charge in [-0.1, -0.05) is 11.8 Å². The number of amides is 1. The van der Waals surface area contributed by atoms with Gasteiger partial charge in [-0.05, 0) is 18.9 Å². The zero-order chi connectivity index (χ0) is 12.3. The Bertz CT molecular complexity index is 484. The molecular weight excluding hydrogens is 216 g/mol. The Morgan fingerprint density at radius 3 is 3.06 bits per heavy atom. The lowest BCUT2D eigenvalue weighted by atomic mass is 10.1. The van der Waals surface area contributed by atoms with E-state index in [1.54, 1.807) is 23.4 Å². The number of aliphatic hydroxyl groups is 1. The highest BCUT2D eigenvalue weighted by molar-refractivity contribution is 5.96. The van der Waals surface area contributed by atoms with Crippen LogP contribution in [0.2, 0.25) is 0 Å². The Kier molecular flexibility index (Phi) is 3.40. The average Bonchev–Trinajstić information content (AvgIpc) is 3.19. The van der Waals surface area contributed by atoms with E-state index in [0.717, 1.165) is 12.8 Å². The van der Waals surface area contributed by atoms with Crippen molar-refractivity contribution < 1.29 is 9.90 Å². The van der Waals surface area contributed by atoms with E-state index in [4.69, 9.17) is 5.11 Å². The molecule has 1 amide bonds. The molecule has 0 bridgehead atoms. The maximum atomic E-state index is 12.2. The Morgan fingerprint density at radius 1 is 1.65 bits per heavy atom. The molecule has 0 radical (unpaired) electrons. The van der Waals surface area contributed by atoms with Gasteiger partial charge < -0.3 is 10.0 Å². The van der Waals surface area contributed by atoms with Gasteiger partial charge in [-0.25, -0.2) is 0 Å². The molecule has 0 atom stereocenters. The second-order valence-corrected chi connectivity index (χ2v) is 4.03. The van der Waals surface area contributed by atoms with E-state index in [9.17, 15) is 4.79 Å². The standard InChI is InChI=1S/C13H14N2O2/c1-15(11-4-5-11)13(17)12-6-7-14-9-10(12)3-2-8-16/h6-7,9,11,16H,4-5,8H2,1H3. The highest BCUT2D eigenvalue weighted by Gasteiger charge is 2.30. The molecule has 0 aliphatic heterocycles. The van der Waals surface area contributed by atoms with Crippen LogP contribution in [0.5, 0.6) is 0 Å². The zero-order valence-electron chi connectivity index (χ0n) is 9.68. The van der Waals surface area contributed by atoms with Crippen molar-refractivity contribution in [1.82, 2.24) is 9.88 Å². The maximum Gasteiger partial charge on any atom is 0.255 e. The first-order valence-corrected chi connectivity index (χ1v) is 5.55. The predicted molar refractivity (Wildman–Crippen MR) is 63.3 cm³/mol. The minimum Gasteiger partial charge on any atom is -0.384 e. The van der Waals surface area contributed by atoms with Gasteiger partial charge in [0.2, 0.25) is 0 Å². The normalized spacial score (nSPS) is 13.8. The van der Waals surface area contributed by atoms with Crippen LogP contribution < -0.4 is 0 Å². The van der Waals surface area contributed by atoms with Crippen LogP contribution >= 0.6 is 0 Å². The molecule has 1 aromatic heterocycles. The third kappa shape index (κ3) is 2.63. The number of carbonyl (C=O) groups is 1. The molecule has 2 rings (SSSR count). The number of aliphatic hydroxyl groups excluding tert-OH is 1. The number of aromatic nitrogens is 1. The largest absolute Gasteiger partial charge is 0.384 e. The third-order valence-electron chi connectivity index (χ3n) is 2.77. The number of carbonyl (C=O) groups excluding carboxylic acids is 1. The van der Waals surface area contributed by atoms with Crippen molar-refractivity contribution in [1.29, 1.82) is 0 Å². The first-order valence-electron chi connectivity index (χ1n) is 5.55. The molecule has 17 heavy (non-hydrogen) atoms. The second-order valence-electron chi connectivity index (χ2n) is 4.03. The van der Waals surface area contributed by atoms with Crippen molar-refractivity contribution in [3.05, 3.63) is 29.6 Å². The van der Waals surface area contributed by atoms with Crippen molar-refractivity contribution in [3.8, 4) is 11.8 Å². The summed E-state index contributed by atoms with van der Waals surface area (Å²) in [6, 6.07) is 2.04. The Hall–Kier alpha value is -1.86. The van der Waals surface area contributed by atoms with Crippen LogP contribution in [-0.2, 0) is 0 Å². The lowest BCUT2D eigenvalue weighted by Gasteiger charge is -2.16. The molecule has 4 heteroatoms. The van der Waals surface area contributed by atoms with E-state index in [1.165, 1.54) is 0 Å². The first-order chi connectivity index (χ1) is 8.24. The monoisotopic (exact) mass is 230 g/mol. The summed E-state index contributed by atoms with van der Waals surface area (Å²) in [5, 5.41) is 8.68. The van der Waals surface area contributed by atoms with Crippen LogP contribution in [0.1, 0.15) is 28.8 Å². The van der Waals surface area contributed by atoms with Crippen LogP contribution in [0.4, 0.5) is 0 Å². The van der Waals surface area contributed by atoms with Gasteiger partial charge in [0.25, 0.3) is 5.91 Å². The third-order valence-corrected chi connectivity index (χ3v) is 2.77. The summed E-state index contributed by atoms with van der Waals surface area (Å²) in [7, 11) is 1.81. The van der Waals surface area contributed by atoms with E-state index in [0.29, 0.717) is 17.2 Å². The molecule has 0 aromatic carbocycles. The van der Waals surface area contributed by atoms with Gasteiger partial charge >= 0.3 is 0 Å². The number of nitrogens with zero attached hydrogens (tertiary/aromatic N) is 2. The highest BCUT2D eigenvalue weighted by Crippen LogP contribution is 2.27. The fourth-order valence-electron chi connectivity index (χ4n) is 1.63. The summed E-state index contributed by atoms with van der Waals surface area (Å²) >= 11 is 0. The summed E-state index contributed by atoms with van der Waals surface area (Å²) in [6.45, 7) is -0.221. The van der Waals surface area contributed by atoms with Gasteiger partial charge in [0.05, 0.1) is 11.1 Å². The van der Waals surface area contributed by atoms with Crippen LogP contribution in [0.3, 0.4) is 0 Å². The van der Waals surface area contributed by atoms with E-state index >= 15 is 0 Å². The van der Waals surface area contributed by atoms with Crippen molar-refractivity contribution in [3.63, 3.8) is 0 Å². The molecule has 0 spiro atoms. The maximum absolute atomic E-state index is 12.2. The topological polar surface area (TPSA) is 53.4 Å². The smallest absolute Gasteiger partial charge is 0.255 e. The Labute approximate surface area is 100 Å². The number of pyridine rings is 1. The minimum atomic E-state index is -0.221. The fraction of sp³-hybridized carbons (Fsp3) is 0.385. The molecule has 1 saturated carbocycles. The number of hydrogen-bond acceptors (Lipinski definition) is 3. The SMILES string of the molecule is CN(C(=O)c1ccncc1C#CCO)C1CC1. The van der Waals surface area contributed by atoms with E-state index in [-0.39, 0.29) is 12.5 Å². The average molecular weight is 230 g/mol. The van der Waals surface area contributed by atoms with Gasteiger partial charge in [0.1, 0.15) is 6.61 Å². The lowest BCUT2D eigenvalue weighted by molar-refractivity contribution is 0.0784.